The van der Waals surface area contributed by atoms with E-state index in [1.54, 1.807) is 0 Å². The van der Waals surface area contributed by atoms with E-state index in [0.717, 1.165) is 12.5 Å². The number of carboxylic acids is 1. The molecule has 0 amide bonds. The van der Waals surface area contributed by atoms with Gasteiger partial charge in [0.1, 0.15) is 10.7 Å². The number of hydrogen-bond donors (Lipinski definition) is 3. The molecule has 19 heavy (non-hydrogen) atoms. The molecule has 3 N–H and O–H groups in total. The maximum Gasteiger partial charge on any atom is 0.371 e. The van der Waals surface area contributed by atoms with Crippen LogP contribution in [0, 0.1) is 6.92 Å². The lowest BCUT2D eigenvalue weighted by Crippen LogP contribution is -2.55. The number of furan rings is 1. The molecular formula is C11H15NO6S. The zero-order chi connectivity index (χ0) is 14.3. The van der Waals surface area contributed by atoms with Crippen LogP contribution in [0.1, 0.15) is 35.6 Å². The number of aromatic carboxylic acids is 1. The van der Waals surface area contributed by atoms with Crippen molar-refractivity contribution in [1.82, 2.24) is 4.72 Å². The summed E-state index contributed by atoms with van der Waals surface area (Å²) in [6, 6.07) is 0.976. The number of carbonyl (C=O) groups is 1. The SMILES string of the molecule is Cc1oc(C(=O)O)cc1S(=O)(=O)NC1(CO)CCC1. The van der Waals surface area contributed by atoms with Crippen LogP contribution in [0.25, 0.3) is 0 Å². The van der Waals surface area contributed by atoms with Gasteiger partial charge in [-0.1, -0.05) is 0 Å². The summed E-state index contributed by atoms with van der Waals surface area (Å²) >= 11 is 0. The molecule has 0 spiro atoms. The predicted molar refractivity (Wildman–Crippen MR) is 64.4 cm³/mol. The lowest BCUT2D eigenvalue weighted by atomic mass is 9.78. The highest BCUT2D eigenvalue weighted by Gasteiger charge is 2.41. The van der Waals surface area contributed by atoms with E-state index in [0.29, 0.717) is 12.8 Å². The van der Waals surface area contributed by atoms with Crippen LogP contribution in [0.15, 0.2) is 15.4 Å². The molecule has 0 aromatic carbocycles. The van der Waals surface area contributed by atoms with E-state index in [-0.39, 0.29) is 17.3 Å². The van der Waals surface area contributed by atoms with Gasteiger partial charge in [0.15, 0.2) is 0 Å². The summed E-state index contributed by atoms with van der Waals surface area (Å²) < 4.78 is 31.7. The molecule has 8 heteroatoms. The number of aliphatic hydroxyl groups excluding tert-OH is 1. The van der Waals surface area contributed by atoms with E-state index in [9.17, 15) is 18.3 Å². The third-order valence-electron chi connectivity index (χ3n) is 3.34. The van der Waals surface area contributed by atoms with Crippen molar-refractivity contribution in [2.24, 2.45) is 0 Å². The van der Waals surface area contributed by atoms with Gasteiger partial charge < -0.3 is 14.6 Å². The Balaban J connectivity index is 2.32. The summed E-state index contributed by atoms with van der Waals surface area (Å²) in [7, 11) is -3.90. The van der Waals surface area contributed by atoms with E-state index in [1.165, 1.54) is 6.92 Å². The van der Waals surface area contributed by atoms with Crippen molar-refractivity contribution in [2.45, 2.75) is 36.6 Å². The fraction of sp³-hybridized carbons (Fsp3) is 0.545. The van der Waals surface area contributed by atoms with Crippen LogP contribution in [0.4, 0.5) is 0 Å². The number of aryl methyl sites for hydroxylation is 1. The topological polar surface area (TPSA) is 117 Å². The molecule has 0 unspecified atom stereocenters. The average molecular weight is 289 g/mol. The molecule has 1 saturated carbocycles. The Kier molecular flexibility index (Phi) is 3.41. The number of nitrogens with one attached hydrogen (secondary N) is 1. The number of hydrogen-bond acceptors (Lipinski definition) is 5. The molecule has 0 saturated heterocycles. The van der Waals surface area contributed by atoms with Crippen LogP contribution >= 0.6 is 0 Å². The summed E-state index contributed by atoms with van der Waals surface area (Å²) in [6.07, 6.45) is 1.96. The van der Waals surface area contributed by atoms with E-state index < -0.39 is 27.3 Å². The van der Waals surface area contributed by atoms with Crippen molar-refractivity contribution < 1.29 is 27.8 Å². The van der Waals surface area contributed by atoms with Crippen LogP contribution < -0.4 is 4.72 Å². The highest BCUT2D eigenvalue weighted by Crippen LogP contribution is 2.33. The second kappa shape index (κ2) is 4.62. The van der Waals surface area contributed by atoms with Gasteiger partial charge >= 0.3 is 5.97 Å². The van der Waals surface area contributed by atoms with Crippen LogP contribution in [0.5, 0.6) is 0 Å². The van der Waals surface area contributed by atoms with E-state index in [2.05, 4.69) is 4.72 Å². The zero-order valence-corrected chi connectivity index (χ0v) is 11.2. The van der Waals surface area contributed by atoms with Crippen molar-refractivity contribution in [3.8, 4) is 0 Å². The predicted octanol–water partition coefficient (Wildman–Crippen LogP) is 0.480. The van der Waals surface area contributed by atoms with Gasteiger partial charge in [0.25, 0.3) is 0 Å². The molecule has 1 aliphatic rings. The minimum Gasteiger partial charge on any atom is -0.475 e. The van der Waals surface area contributed by atoms with Crippen LogP contribution in [0.2, 0.25) is 0 Å². The van der Waals surface area contributed by atoms with Crippen LogP contribution in [-0.2, 0) is 10.0 Å². The molecule has 1 aromatic heterocycles. The monoisotopic (exact) mass is 289 g/mol. The summed E-state index contributed by atoms with van der Waals surface area (Å²) in [6.45, 7) is 1.10. The Morgan fingerprint density at radius 3 is 2.53 bits per heavy atom. The Bertz CT molecular complexity index is 593. The molecule has 2 rings (SSSR count). The molecule has 0 aliphatic heterocycles. The van der Waals surface area contributed by atoms with E-state index in [1.807, 2.05) is 0 Å². The van der Waals surface area contributed by atoms with Gasteiger partial charge in [-0.15, -0.1) is 0 Å². The number of sulfonamides is 1. The first-order chi connectivity index (χ1) is 8.80. The Hall–Kier alpha value is -1.38. The van der Waals surface area contributed by atoms with Crippen molar-refractivity contribution in [3.63, 3.8) is 0 Å². The minimum atomic E-state index is -3.90. The van der Waals surface area contributed by atoms with E-state index >= 15 is 0 Å². The molecule has 106 valence electrons. The largest absolute Gasteiger partial charge is 0.475 e. The molecule has 0 radical (unpaired) electrons. The Labute approximate surface area is 110 Å². The first-order valence-corrected chi connectivity index (χ1v) is 7.26. The number of carboxylic acid groups (broad SMARTS) is 1. The van der Waals surface area contributed by atoms with Gasteiger partial charge in [0.05, 0.1) is 12.1 Å². The van der Waals surface area contributed by atoms with Gasteiger partial charge in [-0.2, -0.15) is 0 Å². The van der Waals surface area contributed by atoms with Crippen molar-refractivity contribution in [3.05, 3.63) is 17.6 Å². The normalized spacial score (nSPS) is 18.0. The lowest BCUT2D eigenvalue weighted by molar-refractivity contribution is 0.0661. The number of aliphatic hydroxyl groups is 1. The van der Waals surface area contributed by atoms with Gasteiger partial charge in [-0.05, 0) is 26.2 Å². The summed E-state index contributed by atoms with van der Waals surface area (Å²) in [5, 5.41) is 18.0. The Morgan fingerprint density at radius 2 is 2.16 bits per heavy atom. The van der Waals surface area contributed by atoms with E-state index in [4.69, 9.17) is 9.52 Å². The molecular weight excluding hydrogens is 274 g/mol. The Morgan fingerprint density at radius 1 is 1.53 bits per heavy atom. The first-order valence-electron chi connectivity index (χ1n) is 5.78. The fourth-order valence-corrected chi connectivity index (χ4v) is 3.70. The molecule has 1 fully saturated rings. The maximum absolute atomic E-state index is 12.2. The highest BCUT2D eigenvalue weighted by molar-refractivity contribution is 7.89. The summed E-state index contributed by atoms with van der Waals surface area (Å²) in [5.41, 5.74) is -0.827. The second-order valence-electron chi connectivity index (χ2n) is 4.73. The van der Waals surface area contributed by atoms with Gasteiger partial charge in [-0.3, -0.25) is 0 Å². The smallest absolute Gasteiger partial charge is 0.371 e. The summed E-state index contributed by atoms with van der Waals surface area (Å²) in [5.74, 6) is -1.74. The van der Waals surface area contributed by atoms with Crippen molar-refractivity contribution in [2.75, 3.05) is 6.61 Å². The van der Waals surface area contributed by atoms with Gasteiger partial charge in [0.2, 0.25) is 15.8 Å². The molecule has 0 bridgehead atoms. The lowest BCUT2D eigenvalue weighted by Gasteiger charge is -2.40. The van der Waals surface area contributed by atoms with Gasteiger partial charge in [0, 0.05) is 6.07 Å². The van der Waals surface area contributed by atoms with Crippen LogP contribution in [0.3, 0.4) is 0 Å². The van der Waals surface area contributed by atoms with Crippen LogP contribution in [-0.4, -0.2) is 36.7 Å². The minimum absolute atomic E-state index is 0.0114. The standard InChI is InChI=1S/C11H15NO6S/c1-7-9(5-8(18-7)10(14)15)19(16,17)12-11(6-13)3-2-4-11/h5,12-13H,2-4,6H2,1H3,(H,14,15). The third-order valence-corrected chi connectivity index (χ3v) is 5.02. The molecule has 1 heterocycles. The quantitative estimate of drug-likeness (QED) is 0.726. The first kappa shape index (κ1) is 14.0. The molecule has 1 aromatic rings. The fourth-order valence-electron chi connectivity index (χ4n) is 2.07. The van der Waals surface area contributed by atoms with Gasteiger partial charge in [-0.25, -0.2) is 17.9 Å². The highest BCUT2D eigenvalue weighted by atomic mass is 32.2. The average Bonchev–Trinajstić information content (AvgIpc) is 2.67. The summed E-state index contributed by atoms with van der Waals surface area (Å²) in [4.78, 5) is 10.5. The molecule has 1 aliphatic carbocycles. The van der Waals surface area contributed by atoms with Crippen molar-refractivity contribution >= 4 is 16.0 Å². The maximum atomic E-state index is 12.2. The van der Waals surface area contributed by atoms with Crippen molar-refractivity contribution in [1.29, 1.82) is 0 Å². The zero-order valence-electron chi connectivity index (χ0n) is 10.3. The number of rotatable bonds is 5. The second-order valence-corrected chi connectivity index (χ2v) is 6.38. The molecule has 0 atom stereocenters. The molecule has 7 nitrogen and oxygen atoms in total. The third kappa shape index (κ3) is 2.51.